The van der Waals surface area contributed by atoms with Gasteiger partial charge in [-0.3, -0.25) is 9.48 Å². The van der Waals surface area contributed by atoms with Gasteiger partial charge in [-0.05, 0) is 38.0 Å². The lowest BCUT2D eigenvalue weighted by Gasteiger charge is -2.31. The number of fused-ring (bicyclic) bond motifs is 1. The van der Waals surface area contributed by atoms with Gasteiger partial charge in [-0.1, -0.05) is 0 Å². The summed E-state index contributed by atoms with van der Waals surface area (Å²) in [4.78, 5) is 22.4. The summed E-state index contributed by atoms with van der Waals surface area (Å²) in [6, 6.07) is 1.66. The average Bonchev–Trinajstić information content (AvgIpc) is 3.10. The molecule has 0 aliphatic carbocycles. The Balaban J connectivity index is 1.69. The van der Waals surface area contributed by atoms with Crippen molar-refractivity contribution in [2.45, 2.75) is 38.9 Å². The molecule has 3 heterocycles. The lowest BCUT2D eigenvalue weighted by molar-refractivity contribution is -0.137. The average molecular weight is 419 g/mol. The Labute approximate surface area is 170 Å². The van der Waals surface area contributed by atoms with Gasteiger partial charge in [0.05, 0.1) is 29.7 Å². The van der Waals surface area contributed by atoms with Gasteiger partial charge in [0, 0.05) is 25.1 Å². The largest absolute Gasteiger partial charge is 0.507 e. The van der Waals surface area contributed by atoms with Crippen LogP contribution in [0.15, 0.2) is 24.5 Å². The van der Waals surface area contributed by atoms with Crippen molar-refractivity contribution in [3.05, 3.63) is 35.7 Å². The van der Waals surface area contributed by atoms with Crippen molar-refractivity contribution >= 4 is 17.1 Å². The van der Waals surface area contributed by atoms with Crippen molar-refractivity contribution in [1.82, 2.24) is 24.6 Å². The van der Waals surface area contributed by atoms with Crippen molar-refractivity contribution in [3.63, 3.8) is 0 Å². The molecule has 0 bridgehead atoms. The molecule has 1 aromatic carbocycles. The van der Waals surface area contributed by atoms with Crippen LogP contribution in [0.2, 0.25) is 0 Å². The van der Waals surface area contributed by atoms with E-state index >= 15 is 0 Å². The van der Waals surface area contributed by atoms with E-state index in [0.29, 0.717) is 43.2 Å². The molecule has 1 saturated heterocycles. The minimum absolute atomic E-state index is 0.00306. The first-order valence-electron chi connectivity index (χ1n) is 9.58. The number of piperidine rings is 1. The number of hydrogen-bond acceptors (Lipinski definition) is 5. The molecule has 1 atom stereocenters. The number of likely N-dealkylation sites (N-methyl/N-ethyl adjacent to an activating group) is 1. The van der Waals surface area contributed by atoms with Crippen molar-refractivity contribution in [2.75, 3.05) is 13.1 Å². The fraction of sp³-hybridized carbons (Fsp3) is 0.400. The fourth-order valence-electron chi connectivity index (χ4n) is 3.81. The molecule has 0 radical (unpaired) electrons. The highest BCUT2D eigenvalue weighted by molar-refractivity contribution is 5.78. The lowest BCUT2D eigenvalue weighted by atomic mass is 10.0. The van der Waals surface area contributed by atoms with Crippen LogP contribution >= 0.6 is 0 Å². The molecule has 0 spiro atoms. The molecule has 10 heteroatoms. The third kappa shape index (κ3) is 3.57. The standard InChI is InChI=1S/C20H20F3N5O2/c1-3-27-9-13(4-5-17(27)30)28-10-15-19(26-28)25-14(8-24-15)18-11(2)6-12(7-16(18)29)20(21,22)23/h6-8,10,13,29H,3-5,9H2,1-2H3/t13-/m0/s1. The lowest BCUT2D eigenvalue weighted by Crippen LogP contribution is -2.40. The van der Waals surface area contributed by atoms with Crippen LogP contribution in [0.3, 0.4) is 0 Å². The van der Waals surface area contributed by atoms with Gasteiger partial charge < -0.3 is 10.0 Å². The fourth-order valence-corrected chi connectivity index (χ4v) is 3.81. The number of phenols is 1. The van der Waals surface area contributed by atoms with E-state index in [1.165, 1.54) is 13.1 Å². The molecule has 158 valence electrons. The van der Waals surface area contributed by atoms with Crippen molar-refractivity contribution in [2.24, 2.45) is 0 Å². The van der Waals surface area contributed by atoms with Crippen LogP contribution < -0.4 is 0 Å². The zero-order valence-electron chi connectivity index (χ0n) is 16.4. The highest BCUT2D eigenvalue weighted by Gasteiger charge is 2.32. The number of aromatic nitrogens is 4. The molecule has 0 unspecified atom stereocenters. The quantitative estimate of drug-likeness (QED) is 0.700. The number of aryl methyl sites for hydroxylation is 1. The van der Waals surface area contributed by atoms with Crippen molar-refractivity contribution in [1.29, 1.82) is 0 Å². The molecule has 3 aromatic rings. The number of halogens is 3. The number of aromatic hydroxyl groups is 1. The van der Waals surface area contributed by atoms with Gasteiger partial charge in [0.15, 0.2) is 5.65 Å². The Bertz CT molecular complexity index is 1100. The van der Waals surface area contributed by atoms with E-state index in [4.69, 9.17) is 0 Å². The molecular formula is C20H20F3N5O2. The summed E-state index contributed by atoms with van der Waals surface area (Å²) in [5.74, 6) is -0.392. The zero-order valence-corrected chi connectivity index (χ0v) is 16.4. The number of carbonyl (C=O) groups is 1. The Kier molecular flexibility index (Phi) is 4.87. The van der Waals surface area contributed by atoms with E-state index in [-0.39, 0.29) is 28.8 Å². The Morgan fingerprint density at radius 1 is 1.30 bits per heavy atom. The number of alkyl halides is 3. The summed E-state index contributed by atoms with van der Waals surface area (Å²) < 4.78 is 40.7. The van der Waals surface area contributed by atoms with Crippen LogP contribution in [0.25, 0.3) is 22.4 Å². The number of nitrogens with zero attached hydrogens (tertiary/aromatic N) is 5. The van der Waals surface area contributed by atoms with Gasteiger partial charge in [-0.15, -0.1) is 0 Å². The first-order chi connectivity index (χ1) is 14.2. The van der Waals surface area contributed by atoms with E-state index in [2.05, 4.69) is 15.1 Å². The topological polar surface area (TPSA) is 84.1 Å². The van der Waals surface area contributed by atoms with Crippen LogP contribution in [-0.4, -0.2) is 48.8 Å². The molecule has 2 aromatic heterocycles. The molecule has 1 amide bonds. The molecule has 4 rings (SSSR count). The summed E-state index contributed by atoms with van der Waals surface area (Å²) >= 11 is 0. The first-order valence-corrected chi connectivity index (χ1v) is 9.58. The number of phenolic OH excluding ortho intramolecular Hbond substituents is 1. The molecule has 1 fully saturated rings. The number of carbonyl (C=O) groups excluding carboxylic acids is 1. The molecule has 1 aliphatic heterocycles. The summed E-state index contributed by atoms with van der Waals surface area (Å²) in [5.41, 5.74) is 0.596. The second kappa shape index (κ2) is 7.26. The van der Waals surface area contributed by atoms with Gasteiger partial charge in [0.2, 0.25) is 5.91 Å². The van der Waals surface area contributed by atoms with Crippen molar-refractivity contribution in [3.8, 4) is 17.0 Å². The normalized spacial score (nSPS) is 17.7. The molecule has 0 saturated carbocycles. The van der Waals surface area contributed by atoms with Gasteiger partial charge >= 0.3 is 6.18 Å². The third-order valence-electron chi connectivity index (χ3n) is 5.38. The van der Waals surface area contributed by atoms with Crippen LogP contribution in [0.4, 0.5) is 13.2 Å². The Morgan fingerprint density at radius 3 is 2.73 bits per heavy atom. The van der Waals surface area contributed by atoms with Gasteiger partial charge in [0.25, 0.3) is 0 Å². The number of hydrogen-bond donors (Lipinski definition) is 1. The van der Waals surface area contributed by atoms with Gasteiger partial charge in [-0.25, -0.2) is 9.97 Å². The number of rotatable bonds is 3. The monoisotopic (exact) mass is 419 g/mol. The van der Waals surface area contributed by atoms with E-state index < -0.39 is 17.5 Å². The van der Waals surface area contributed by atoms with Crippen molar-refractivity contribution < 1.29 is 23.1 Å². The second-order valence-corrected chi connectivity index (χ2v) is 7.38. The molecule has 1 N–H and O–H groups in total. The van der Waals surface area contributed by atoms with Gasteiger partial charge in [-0.2, -0.15) is 18.3 Å². The van der Waals surface area contributed by atoms with Crippen LogP contribution in [0.1, 0.15) is 36.9 Å². The highest BCUT2D eigenvalue weighted by Crippen LogP contribution is 2.38. The smallest absolute Gasteiger partial charge is 0.416 e. The van der Waals surface area contributed by atoms with E-state index in [1.54, 1.807) is 15.8 Å². The van der Waals surface area contributed by atoms with E-state index in [1.807, 2.05) is 6.92 Å². The Hall–Kier alpha value is -3.17. The number of amides is 1. The van der Waals surface area contributed by atoms with Crippen LogP contribution in [0, 0.1) is 6.92 Å². The SMILES string of the molecule is CCN1C[C@@H](n2cc3ncc(-c4c(C)cc(C(F)(F)F)cc4O)nc3n2)CCC1=O. The minimum atomic E-state index is -4.55. The summed E-state index contributed by atoms with van der Waals surface area (Å²) in [6.07, 6.45) is -0.288. The van der Waals surface area contributed by atoms with E-state index in [0.717, 1.165) is 6.07 Å². The maximum atomic E-state index is 13.0. The number of likely N-dealkylation sites (tertiary alicyclic amines) is 1. The van der Waals surface area contributed by atoms with E-state index in [9.17, 15) is 23.1 Å². The maximum absolute atomic E-state index is 13.0. The molecule has 1 aliphatic rings. The number of benzene rings is 1. The summed E-state index contributed by atoms with van der Waals surface area (Å²) in [5, 5.41) is 14.7. The molecule has 30 heavy (non-hydrogen) atoms. The minimum Gasteiger partial charge on any atom is -0.507 e. The van der Waals surface area contributed by atoms with Crippen LogP contribution in [-0.2, 0) is 11.0 Å². The highest BCUT2D eigenvalue weighted by atomic mass is 19.4. The van der Waals surface area contributed by atoms with Gasteiger partial charge in [0.1, 0.15) is 11.3 Å². The predicted molar refractivity (Wildman–Crippen MR) is 103 cm³/mol. The Morgan fingerprint density at radius 2 is 2.07 bits per heavy atom. The second-order valence-electron chi connectivity index (χ2n) is 7.38. The first kappa shape index (κ1) is 20.1. The third-order valence-corrected chi connectivity index (χ3v) is 5.38. The summed E-state index contributed by atoms with van der Waals surface area (Å²) in [7, 11) is 0. The summed E-state index contributed by atoms with van der Waals surface area (Å²) in [6.45, 7) is 4.58. The maximum Gasteiger partial charge on any atom is 0.416 e. The molecular weight excluding hydrogens is 399 g/mol. The van der Waals surface area contributed by atoms with Crippen LogP contribution in [0.5, 0.6) is 5.75 Å². The molecule has 7 nitrogen and oxygen atoms in total. The zero-order chi connectivity index (χ0) is 21.6. The predicted octanol–water partition coefficient (Wildman–Crippen LogP) is 3.71.